The van der Waals surface area contributed by atoms with Gasteiger partial charge >= 0.3 is 6.55 Å². The molecule has 0 radical (unpaired) electrons. The Hall–Kier alpha value is -2.77. The number of fused-ring (bicyclic) bond motifs is 1. The zero-order valence-corrected chi connectivity index (χ0v) is 13.6. The van der Waals surface area contributed by atoms with Gasteiger partial charge in [-0.1, -0.05) is 6.07 Å². The number of rotatable bonds is 3. The van der Waals surface area contributed by atoms with Gasteiger partial charge in [0.05, 0.1) is 17.1 Å². The van der Waals surface area contributed by atoms with E-state index in [1.54, 1.807) is 4.90 Å². The third-order valence-corrected chi connectivity index (χ3v) is 4.51. The second kappa shape index (κ2) is 5.94. The number of carbonyl (C=O) groups excluding carboxylic acids is 1. The standard InChI is InChI=1S/C17H17F2N5O/c1-10-4-5-11-13(9-10)21-15(20-11)14-3-2-7-23(14)16(25)12-6-8-24(22-12)17(18)19/h4-6,8-9,14,17H,2-3,7H2,1H3,(H,20,21). The van der Waals surface area contributed by atoms with Crippen molar-refractivity contribution in [3.63, 3.8) is 0 Å². The van der Waals surface area contributed by atoms with E-state index in [4.69, 9.17) is 0 Å². The fourth-order valence-electron chi connectivity index (χ4n) is 3.30. The smallest absolute Gasteiger partial charge is 0.333 e. The number of imidazole rings is 1. The number of H-pyrrole nitrogens is 1. The van der Waals surface area contributed by atoms with E-state index in [9.17, 15) is 13.6 Å². The molecule has 1 atom stereocenters. The average molecular weight is 345 g/mol. The maximum Gasteiger partial charge on any atom is 0.333 e. The van der Waals surface area contributed by atoms with Crippen LogP contribution in [-0.2, 0) is 0 Å². The van der Waals surface area contributed by atoms with Crippen LogP contribution in [0.5, 0.6) is 0 Å². The summed E-state index contributed by atoms with van der Waals surface area (Å²) >= 11 is 0. The molecular weight excluding hydrogens is 328 g/mol. The lowest BCUT2D eigenvalue weighted by atomic mass is 10.2. The highest BCUT2D eigenvalue weighted by Crippen LogP contribution is 2.32. The summed E-state index contributed by atoms with van der Waals surface area (Å²) in [6, 6.07) is 7.07. The number of hydrogen-bond donors (Lipinski definition) is 1. The Balaban J connectivity index is 1.63. The number of aromatic amines is 1. The molecule has 1 unspecified atom stereocenters. The molecule has 3 aromatic rings. The van der Waals surface area contributed by atoms with Crippen molar-refractivity contribution in [2.75, 3.05) is 6.54 Å². The molecule has 0 spiro atoms. The van der Waals surface area contributed by atoms with Gasteiger partial charge in [0.2, 0.25) is 0 Å². The summed E-state index contributed by atoms with van der Waals surface area (Å²) < 4.78 is 25.8. The lowest BCUT2D eigenvalue weighted by Gasteiger charge is -2.22. The highest BCUT2D eigenvalue weighted by molar-refractivity contribution is 5.92. The molecule has 25 heavy (non-hydrogen) atoms. The minimum atomic E-state index is -2.76. The molecule has 1 aliphatic heterocycles. The number of carbonyl (C=O) groups is 1. The van der Waals surface area contributed by atoms with E-state index in [-0.39, 0.29) is 17.6 Å². The van der Waals surface area contributed by atoms with Crippen LogP contribution in [0.1, 0.15) is 47.3 Å². The van der Waals surface area contributed by atoms with Crippen LogP contribution in [0.2, 0.25) is 0 Å². The van der Waals surface area contributed by atoms with Crippen molar-refractivity contribution in [2.45, 2.75) is 32.4 Å². The quantitative estimate of drug-likeness (QED) is 0.791. The van der Waals surface area contributed by atoms with E-state index < -0.39 is 6.55 Å². The van der Waals surface area contributed by atoms with Crippen LogP contribution >= 0.6 is 0 Å². The minimum absolute atomic E-state index is 0.0270. The Morgan fingerprint density at radius 2 is 2.20 bits per heavy atom. The van der Waals surface area contributed by atoms with Crippen molar-refractivity contribution in [3.05, 3.63) is 47.5 Å². The number of benzene rings is 1. The normalized spacial score (nSPS) is 17.8. The number of nitrogens with one attached hydrogen (secondary N) is 1. The summed E-state index contributed by atoms with van der Waals surface area (Å²) in [4.78, 5) is 22.2. The molecule has 1 amide bonds. The second-order valence-electron chi connectivity index (χ2n) is 6.26. The maximum absolute atomic E-state index is 12.7. The van der Waals surface area contributed by atoms with Crippen LogP contribution in [0.3, 0.4) is 0 Å². The number of aryl methyl sites for hydroxylation is 1. The topological polar surface area (TPSA) is 66.8 Å². The Kier molecular flexibility index (Phi) is 3.74. The van der Waals surface area contributed by atoms with Crippen LogP contribution in [0.15, 0.2) is 30.5 Å². The molecular formula is C17H17F2N5O. The van der Waals surface area contributed by atoms with Gasteiger partial charge < -0.3 is 9.88 Å². The van der Waals surface area contributed by atoms with Gasteiger partial charge in [-0.25, -0.2) is 9.67 Å². The van der Waals surface area contributed by atoms with Gasteiger partial charge in [0.25, 0.3) is 5.91 Å². The molecule has 130 valence electrons. The monoisotopic (exact) mass is 345 g/mol. The van der Waals surface area contributed by atoms with Gasteiger partial charge in [-0.15, -0.1) is 0 Å². The SMILES string of the molecule is Cc1ccc2nc(C3CCCN3C(=O)c3ccn(C(F)F)n3)[nH]c2c1. The van der Waals surface area contributed by atoms with E-state index in [2.05, 4.69) is 15.1 Å². The highest BCUT2D eigenvalue weighted by Gasteiger charge is 2.33. The lowest BCUT2D eigenvalue weighted by Crippen LogP contribution is -2.31. The number of aromatic nitrogens is 4. The first-order valence-electron chi connectivity index (χ1n) is 8.13. The Morgan fingerprint density at radius 3 is 2.96 bits per heavy atom. The van der Waals surface area contributed by atoms with Gasteiger partial charge in [0, 0.05) is 12.7 Å². The number of likely N-dealkylation sites (tertiary alicyclic amines) is 1. The van der Waals surface area contributed by atoms with Gasteiger partial charge in [-0.05, 0) is 43.5 Å². The van der Waals surface area contributed by atoms with Gasteiger partial charge in [0.15, 0.2) is 5.69 Å². The fraction of sp³-hybridized carbons (Fsp3) is 0.353. The fourth-order valence-corrected chi connectivity index (χ4v) is 3.30. The number of amides is 1. The van der Waals surface area contributed by atoms with Crippen molar-refractivity contribution in [3.8, 4) is 0 Å². The summed E-state index contributed by atoms with van der Waals surface area (Å²) in [6.45, 7) is -0.194. The first-order chi connectivity index (χ1) is 12.0. The van der Waals surface area contributed by atoms with Crippen LogP contribution in [0, 0.1) is 6.92 Å². The summed E-state index contributed by atoms with van der Waals surface area (Å²) in [5.41, 5.74) is 2.93. The molecule has 0 saturated carbocycles. The number of hydrogen-bond acceptors (Lipinski definition) is 3. The third-order valence-electron chi connectivity index (χ3n) is 4.51. The van der Waals surface area contributed by atoms with Crippen LogP contribution in [-0.4, -0.2) is 37.1 Å². The van der Waals surface area contributed by atoms with Gasteiger partial charge in [0.1, 0.15) is 5.82 Å². The molecule has 0 aliphatic carbocycles. The van der Waals surface area contributed by atoms with Crippen molar-refractivity contribution in [2.24, 2.45) is 0 Å². The summed E-state index contributed by atoms with van der Waals surface area (Å²) in [5.74, 6) is 0.373. The number of alkyl halides is 2. The minimum Gasteiger partial charge on any atom is -0.340 e. The first kappa shape index (κ1) is 15.7. The average Bonchev–Trinajstić information content (AvgIpc) is 3.31. The van der Waals surface area contributed by atoms with E-state index in [0.717, 1.165) is 41.5 Å². The molecule has 1 aromatic carbocycles. The van der Waals surface area contributed by atoms with Gasteiger partial charge in [-0.2, -0.15) is 13.9 Å². The molecule has 1 fully saturated rings. The van der Waals surface area contributed by atoms with E-state index in [0.29, 0.717) is 11.2 Å². The van der Waals surface area contributed by atoms with Crippen molar-refractivity contribution in [1.29, 1.82) is 0 Å². The first-order valence-corrected chi connectivity index (χ1v) is 8.13. The molecule has 1 aliphatic rings. The molecule has 4 rings (SSSR count). The van der Waals surface area contributed by atoms with E-state index in [1.165, 1.54) is 6.07 Å². The molecule has 1 N–H and O–H groups in total. The molecule has 3 heterocycles. The summed E-state index contributed by atoms with van der Waals surface area (Å²) in [5, 5.41) is 3.68. The van der Waals surface area contributed by atoms with Crippen LogP contribution < -0.4 is 0 Å². The van der Waals surface area contributed by atoms with E-state index in [1.807, 2.05) is 25.1 Å². The van der Waals surface area contributed by atoms with E-state index >= 15 is 0 Å². The van der Waals surface area contributed by atoms with Crippen molar-refractivity contribution in [1.82, 2.24) is 24.6 Å². The van der Waals surface area contributed by atoms with Crippen LogP contribution in [0.4, 0.5) is 8.78 Å². The lowest BCUT2D eigenvalue weighted by molar-refractivity contribution is 0.0549. The zero-order chi connectivity index (χ0) is 17.6. The second-order valence-corrected chi connectivity index (χ2v) is 6.26. The molecule has 6 nitrogen and oxygen atoms in total. The summed E-state index contributed by atoms with van der Waals surface area (Å²) in [6.07, 6.45) is 2.73. The predicted octanol–water partition coefficient (Wildman–Crippen LogP) is 3.44. The number of nitrogens with zero attached hydrogens (tertiary/aromatic N) is 4. The molecule has 8 heteroatoms. The molecule has 2 aromatic heterocycles. The van der Waals surface area contributed by atoms with Gasteiger partial charge in [-0.3, -0.25) is 4.79 Å². The van der Waals surface area contributed by atoms with Crippen molar-refractivity contribution >= 4 is 16.9 Å². The number of halogens is 2. The zero-order valence-electron chi connectivity index (χ0n) is 13.6. The Bertz CT molecular complexity index is 932. The molecule has 0 bridgehead atoms. The Labute approximate surface area is 142 Å². The third kappa shape index (κ3) is 2.77. The largest absolute Gasteiger partial charge is 0.340 e. The van der Waals surface area contributed by atoms with Crippen molar-refractivity contribution < 1.29 is 13.6 Å². The summed E-state index contributed by atoms with van der Waals surface area (Å²) in [7, 11) is 0. The highest BCUT2D eigenvalue weighted by atomic mass is 19.3. The maximum atomic E-state index is 12.7. The predicted molar refractivity (Wildman–Crippen MR) is 87.3 cm³/mol. The van der Waals surface area contributed by atoms with Crippen LogP contribution in [0.25, 0.3) is 11.0 Å². The Morgan fingerprint density at radius 1 is 1.36 bits per heavy atom. The molecule has 1 saturated heterocycles.